The highest BCUT2D eigenvalue weighted by Gasteiger charge is 2.13. The van der Waals surface area contributed by atoms with Crippen LogP contribution < -0.4 is 16.0 Å². The SMILES string of the molecule is Cl.Cl.Nc1ccc(C(=O)Nc2ccc(N3CCOCC3)cn2)c(Cl)c1. The van der Waals surface area contributed by atoms with E-state index in [1.54, 1.807) is 30.5 Å². The van der Waals surface area contributed by atoms with Crippen LogP contribution in [-0.4, -0.2) is 37.2 Å². The molecule has 136 valence electrons. The first-order chi connectivity index (χ1) is 11.1. The minimum Gasteiger partial charge on any atom is -0.399 e. The van der Waals surface area contributed by atoms with Crippen LogP contribution in [0.15, 0.2) is 36.5 Å². The molecule has 0 bridgehead atoms. The molecule has 0 spiro atoms. The summed E-state index contributed by atoms with van der Waals surface area (Å²) in [4.78, 5) is 18.7. The summed E-state index contributed by atoms with van der Waals surface area (Å²) in [6.45, 7) is 3.12. The Morgan fingerprint density at radius 3 is 2.52 bits per heavy atom. The highest BCUT2D eigenvalue weighted by atomic mass is 35.5. The van der Waals surface area contributed by atoms with Crippen LogP contribution in [0.5, 0.6) is 0 Å². The Hall–Kier alpha value is -1.73. The first kappa shape index (κ1) is 21.3. The Morgan fingerprint density at radius 1 is 1.20 bits per heavy atom. The Labute approximate surface area is 163 Å². The van der Waals surface area contributed by atoms with Crippen LogP contribution in [0.3, 0.4) is 0 Å². The van der Waals surface area contributed by atoms with Crippen molar-refractivity contribution in [3.63, 3.8) is 0 Å². The van der Waals surface area contributed by atoms with E-state index in [0.717, 1.165) is 18.8 Å². The van der Waals surface area contributed by atoms with Crippen molar-refractivity contribution in [3.8, 4) is 0 Å². The quantitative estimate of drug-likeness (QED) is 0.766. The van der Waals surface area contributed by atoms with E-state index in [4.69, 9.17) is 22.1 Å². The Kier molecular flexibility index (Phi) is 8.25. The average Bonchev–Trinajstić information content (AvgIpc) is 2.56. The van der Waals surface area contributed by atoms with Crippen molar-refractivity contribution in [2.75, 3.05) is 42.3 Å². The molecule has 0 radical (unpaired) electrons. The van der Waals surface area contributed by atoms with Crippen molar-refractivity contribution < 1.29 is 9.53 Å². The zero-order valence-electron chi connectivity index (χ0n) is 13.3. The molecule has 1 aromatic carbocycles. The molecule has 0 atom stereocenters. The van der Waals surface area contributed by atoms with Gasteiger partial charge in [-0.2, -0.15) is 0 Å². The van der Waals surface area contributed by atoms with Crippen molar-refractivity contribution in [1.82, 2.24) is 4.98 Å². The molecule has 1 aromatic heterocycles. The maximum atomic E-state index is 12.2. The largest absolute Gasteiger partial charge is 0.399 e. The van der Waals surface area contributed by atoms with E-state index in [9.17, 15) is 4.79 Å². The molecule has 25 heavy (non-hydrogen) atoms. The third-order valence-electron chi connectivity index (χ3n) is 3.60. The number of carbonyl (C=O) groups is 1. The fraction of sp³-hybridized carbons (Fsp3) is 0.250. The molecule has 1 amide bonds. The van der Waals surface area contributed by atoms with E-state index < -0.39 is 0 Å². The summed E-state index contributed by atoms with van der Waals surface area (Å²) in [6.07, 6.45) is 1.74. The summed E-state index contributed by atoms with van der Waals surface area (Å²) in [5, 5.41) is 3.04. The summed E-state index contributed by atoms with van der Waals surface area (Å²) in [7, 11) is 0. The summed E-state index contributed by atoms with van der Waals surface area (Å²) in [5.41, 5.74) is 7.51. The molecule has 3 rings (SSSR count). The van der Waals surface area contributed by atoms with E-state index in [0.29, 0.717) is 35.3 Å². The third kappa shape index (κ3) is 5.37. The molecule has 2 heterocycles. The fourth-order valence-electron chi connectivity index (χ4n) is 2.37. The molecule has 1 aliphatic rings. The van der Waals surface area contributed by atoms with Gasteiger partial charge in [0.05, 0.1) is 35.7 Å². The van der Waals surface area contributed by atoms with Gasteiger partial charge in [0.1, 0.15) is 5.82 Å². The lowest BCUT2D eigenvalue weighted by molar-refractivity contribution is 0.102. The summed E-state index contributed by atoms with van der Waals surface area (Å²) >= 11 is 6.04. The van der Waals surface area contributed by atoms with Crippen LogP contribution in [0.4, 0.5) is 17.2 Å². The number of nitrogens with zero attached hydrogens (tertiary/aromatic N) is 2. The molecule has 0 saturated carbocycles. The summed E-state index contributed by atoms with van der Waals surface area (Å²) in [5.74, 6) is 0.154. The van der Waals surface area contributed by atoms with Gasteiger partial charge in [0.25, 0.3) is 5.91 Å². The Balaban J connectivity index is 0.00000156. The Bertz CT molecular complexity index is 707. The number of aromatic nitrogens is 1. The highest BCUT2D eigenvalue weighted by Crippen LogP contribution is 2.21. The van der Waals surface area contributed by atoms with Crippen molar-refractivity contribution in [2.24, 2.45) is 0 Å². The van der Waals surface area contributed by atoms with Crippen molar-refractivity contribution in [1.29, 1.82) is 0 Å². The fourth-order valence-corrected chi connectivity index (χ4v) is 2.64. The van der Waals surface area contributed by atoms with Crippen LogP contribution >= 0.6 is 36.4 Å². The number of hydrogen-bond acceptors (Lipinski definition) is 5. The number of morpholine rings is 1. The second-order valence-corrected chi connectivity index (χ2v) is 5.60. The number of nitrogen functional groups attached to an aromatic ring is 1. The van der Waals surface area contributed by atoms with Crippen LogP contribution in [0.2, 0.25) is 5.02 Å². The third-order valence-corrected chi connectivity index (χ3v) is 3.92. The number of amides is 1. The summed E-state index contributed by atoms with van der Waals surface area (Å²) < 4.78 is 5.33. The van der Waals surface area contributed by atoms with Crippen LogP contribution in [0.25, 0.3) is 0 Å². The first-order valence-corrected chi connectivity index (χ1v) is 7.66. The highest BCUT2D eigenvalue weighted by molar-refractivity contribution is 6.34. The Morgan fingerprint density at radius 2 is 1.92 bits per heavy atom. The molecular formula is C16H19Cl3N4O2. The van der Waals surface area contributed by atoms with Gasteiger partial charge >= 0.3 is 0 Å². The molecule has 1 saturated heterocycles. The predicted octanol–water partition coefficient (Wildman–Crippen LogP) is 3.25. The van der Waals surface area contributed by atoms with Gasteiger partial charge in [0, 0.05) is 18.8 Å². The van der Waals surface area contributed by atoms with Gasteiger partial charge in [0.15, 0.2) is 0 Å². The normalized spacial score (nSPS) is 13.4. The average molecular weight is 406 g/mol. The maximum absolute atomic E-state index is 12.2. The van der Waals surface area contributed by atoms with Crippen molar-refractivity contribution >= 4 is 59.5 Å². The molecule has 0 unspecified atom stereocenters. The molecule has 3 N–H and O–H groups in total. The molecule has 1 fully saturated rings. The van der Waals surface area contributed by atoms with E-state index in [-0.39, 0.29) is 30.7 Å². The van der Waals surface area contributed by atoms with Gasteiger partial charge in [0.2, 0.25) is 0 Å². The van der Waals surface area contributed by atoms with Gasteiger partial charge in [-0.25, -0.2) is 4.98 Å². The number of anilines is 3. The number of benzene rings is 1. The topological polar surface area (TPSA) is 80.5 Å². The maximum Gasteiger partial charge on any atom is 0.258 e. The van der Waals surface area contributed by atoms with Crippen LogP contribution in [0.1, 0.15) is 10.4 Å². The second-order valence-electron chi connectivity index (χ2n) is 5.19. The lowest BCUT2D eigenvalue weighted by Gasteiger charge is -2.28. The molecular weight excluding hydrogens is 387 g/mol. The lowest BCUT2D eigenvalue weighted by atomic mass is 10.2. The van der Waals surface area contributed by atoms with Gasteiger partial charge in [-0.1, -0.05) is 11.6 Å². The van der Waals surface area contributed by atoms with Gasteiger partial charge in [-0.05, 0) is 30.3 Å². The zero-order chi connectivity index (χ0) is 16.2. The monoisotopic (exact) mass is 404 g/mol. The molecule has 6 nitrogen and oxygen atoms in total. The standard InChI is InChI=1S/C16H17ClN4O2.2ClH/c17-14-9-11(18)1-3-13(14)16(22)20-15-4-2-12(10-19-15)21-5-7-23-8-6-21;;/h1-4,9-10H,5-8,18H2,(H,19,20,22);2*1H. The predicted molar refractivity (Wildman–Crippen MR) is 106 cm³/mol. The summed E-state index contributed by atoms with van der Waals surface area (Å²) in [6, 6.07) is 8.47. The number of pyridine rings is 1. The van der Waals surface area contributed by atoms with Gasteiger partial charge in [-0.15, -0.1) is 24.8 Å². The van der Waals surface area contributed by atoms with E-state index >= 15 is 0 Å². The zero-order valence-corrected chi connectivity index (χ0v) is 15.7. The number of carbonyl (C=O) groups excluding carboxylic acids is 1. The number of nitrogens with two attached hydrogens (primary N) is 1. The molecule has 2 aromatic rings. The van der Waals surface area contributed by atoms with Gasteiger partial charge in [-0.3, -0.25) is 4.79 Å². The molecule has 0 aliphatic carbocycles. The second kappa shape index (κ2) is 9.68. The number of ether oxygens (including phenoxy) is 1. The minimum atomic E-state index is -0.318. The molecule has 1 aliphatic heterocycles. The van der Waals surface area contributed by atoms with Crippen LogP contribution in [-0.2, 0) is 4.74 Å². The first-order valence-electron chi connectivity index (χ1n) is 7.28. The number of hydrogen-bond donors (Lipinski definition) is 2. The minimum absolute atomic E-state index is 0. The smallest absolute Gasteiger partial charge is 0.258 e. The number of rotatable bonds is 3. The molecule has 9 heteroatoms. The van der Waals surface area contributed by atoms with Gasteiger partial charge < -0.3 is 20.7 Å². The number of nitrogens with one attached hydrogen (secondary N) is 1. The van der Waals surface area contributed by atoms with E-state index in [1.807, 2.05) is 6.07 Å². The van der Waals surface area contributed by atoms with Crippen molar-refractivity contribution in [3.05, 3.63) is 47.1 Å². The van der Waals surface area contributed by atoms with E-state index in [2.05, 4.69) is 15.2 Å². The van der Waals surface area contributed by atoms with Crippen LogP contribution in [0, 0.1) is 0 Å². The lowest BCUT2D eigenvalue weighted by Crippen LogP contribution is -2.36. The number of halogens is 3. The van der Waals surface area contributed by atoms with Crippen molar-refractivity contribution in [2.45, 2.75) is 0 Å². The van der Waals surface area contributed by atoms with E-state index in [1.165, 1.54) is 0 Å².